The van der Waals surface area contributed by atoms with E-state index in [4.69, 9.17) is 0 Å². The van der Waals surface area contributed by atoms with Crippen molar-refractivity contribution in [3.63, 3.8) is 0 Å². The number of halogens is 2. The van der Waals surface area contributed by atoms with Crippen LogP contribution in [0.3, 0.4) is 0 Å². The van der Waals surface area contributed by atoms with E-state index >= 15 is 0 Å². The molecule has 2 atom stereocenters. The van der Waals surface area contributed by atoms with Crippen LogP contribution in [-0.2, 0) is 14.9 Å². The van der Waals surface area contributed by atoms with Crippen molar-refractivity contribution < 1.29 is 18.3 Å². The average molecular weight is 268 g/mol. The first kappa shape index (κ1) is 14.0. The molecule has 0 aliphatic heterocycles. The van der Waals surface area contributed by atoms with Crippen LogP contribution in [0.25, 0.3) is 0 Å². The van der Waals surface area contributed by atoms with Crippen molar-refractivity contribution in [2.45, 2.75) is 38.0 Å². The molecular formula is C15H18F2O2. The molecule has 0 saturated heterocycles. The van der Waals surface area contributed by atoms with Crippen molar-refractivity contribution in [2.75, 3.05) is 7.11 Å². The van der Waals surface area contributed by atoms with Crippen molar-refractivity contribution >= 4 is 5.97 Å². The van der Waals surface area contributed by atoms with E-state index in [1.807, 2.05) is 12.1 Å². The number of alkyl halides is 2. The molecule has 1 aliphatic rings. The Morgan fingerprint density at radius 2 is 1.74 bits per heavy atom. The van der Waals surface area contributed by atoms with E-state index in [0.29, 0.717) is 5.56 Å². The van der Waals surface area contributed by atoms with E-state index in [9.17, 15) is 13.6 Å². The summed E-state index contributed by atoms with van der Waals surface area (Å²) in [6, 6.07) is 7.06. The fourth-order valence-corrected chi connectivity index (χ4v) is 2.35. The van der Waals surface area contributed by atoms with Crippen molar-refractivity contribution in [2.24, 2.45) is 5.92 Å². The number of benzene rings is 1. The van der Waals surface area contributed by atoms with Gasteiger partial charge in [-0.1, -0.05) is 45.0 Å². The quantitative estimate of drug-likeness (QED) is 0.767. The van der Waals surface area contributed by atoms with Crippen LogP contribution >= 0.6 is 0 Å². The summed E-state index contributed by atoms with van der Waals surface area (Å²) in [6.45, 7) is 6.18. The van der Waals surface area contributed by atoms with E-state index in [-0.39, 0.29) is 5.41 Å². The van der Waals surface area contributed by atoms with Gasteiger partial charge in [-0.05, 0) is 16.5 Å². The summed E-state index contributed by atoms with van der Waals surface area (Å²) in [5, 5.41) is 0. The summed E-state index contributed by atoms with van der Waals surface area (Å²) in [4.78, 5) is 11.3. The van der Waals surface area contributed by atoms with Gasteiger partial charge in [-0.3, -0.25) is 4.79 Å². The van der Waals surface area contributed by atoms with E-state index in [1.165, 1.54) is 0 Å². The Hall–Kier alpha value is -1.45. The van der Waals surface area contributed by atoms with E-state index < -0.39 is 23.7 Å². The fraction of sp³-hybridized carbons (Fsp3) is 0.533. The number of hydrogen-bond acceptors (Lipinski definition) is 2. The number of ether oxygens (including phenoxy) is 1. The first-order valence-electron chi connectivity index (χ1n) is 6.25. The molecule has 0 unspecified atom stereocenters. The SMILES string of the molecule is COC(=O)[C@@H]1[C@H](c2ccc(C(C)(C)C)cc2)C1(F)F. The topological polar surface area (TPSA) is 26.3 Å². The van der Waals surface area contributed by atoms with Crippen LogP contribution in [-0.4, -0.2) is 19.0 Å². The van der Waals surface area contributed by atoms with Crippen LogP contribution in [0.4, 0.5) is 8.78 Å². The van der Waals surface area contributed by atoms with E-state index in [1.54, 1.807) is 12.1 Å². The molecule has 0 amide bonds. The number of carbonyl (C=O) groups is 1. The summed E-state index contributed by atoms with van der Waals surface area (Å²) in [7, 11) is 1.14. The van der Waals surface area contributed by atoms with Gasteiger partial charge in [0.25, 0.3) is 5.92 Å². The third-order valence-corrected chi connectivity index (χ3v) is 3.64. The van der Waals surface area contributed by atoms with Gasteiger partial charge in [-0.15, -0.1) is 0 Å². The second-order valence-corrected chi connectivity index (χ2v) is 6.03. The molecule has 0 heterocycles. The third-order valence-electron chi connectivity index (χ3n) is 3.64. The third kappa shape index (κ3) is 2.36. The van der Waals surface area contributed by atoms with Gasteiger partial charge >= 0.3 is 5.97 Å². The Labute approximate surface area is 111 Å². The second-order valence-electron chi connectivity index (χ2n) is 6.03. The molecule has 0 aromatic heterocycles. The summed E-state index contributed by atoms with van der Waals surface area (Å²) in [6.07, 6.45) is 0. The number of esters is 1. The molecular weight excluding hydrogens is 250 g/mol. The number of hydrogen-bond donors (Lipinski definition) is 0. The summed E-state index contributed by atoms with van der Waals surface area (Å²) in [5.74, 6) is -6.21. The van der Waals surface area contributed by atoms with Crippen molar-refractivity contribution in [1.82, 2.24) is 0 Å². The Balaban J connectivity index is 2.23. The second kappa shape index (κ2) is 4.29. The van der Waals surface area contributed by atoms with Crippen LogP contribution in [0.2, 0.25) is 0 Å². The van der Waals surface area contributed by atoms with Crippen LogP contribution in [0.15, 0.2) is 24.3 Å². The van der Waals surface area contributed by atoms with Crippen LogP contribution in [0.5, 0.6) is 0 Å². The van der Waals surface area contributed by atoms with Gasteiger partial charge in [0.2, 0.25) is 0 Å². The normalized spacial score (nSPS) is 24.9. The van der Waals surface area contributed by atoms with Crippen LogP contribution in [0.1, 0.15) is 37.8 Å². The maximum absolute atomic E-state index is 13.6. The Morgan fingerprint density at radius 1 is 1.21 bits per heavy atom. The van der Waals surface area contributed by atoms with Gasteiger partial charge in [0.15, 0.2) is 0 Å². The molecule has 2 nitrogen and oxygen atoms in total. The molecule has 1 aromatic rings. The Morgan fingerprint density at radius 3 is 2.16 bits per heavy atom. The largest absolute Gasteiger partial charge is 0.469 e. The first-order chi connectivity index (χ1) is 8.69. The zero-order valence-corrected chi connectivity index (χ0v) is 11.5. The van der Waals surface area contributed by atoms with Gasteiger partial charge in [0, 0.05) is 0 Å². The predicted octanol–water partition coefficient (Wildman–Crippen LogP) is 3.51. The van der Waals surface area contributed by atoms with Crippen LogP contribution in [0, 0.1) is 5.92 Å². The number of methoxy groups -OCH3 is 1. The van der Waals surface area contributed by atoms with Crippen molar-refractivity contribution in [3.05, 3.63) is 35.4 Å². The lowest BCUT2D eigenvalue weighted by atomic mass is 9.86. The minimum Gasteiger partial charge on any atom is -0.469 e. The Kier molecular flexibility index (Phi) is 3.15. The lowest BCUT2D eigenvalue weighted by Gasteiger charge is -2.19. The highest BCUT2D eigenvalue weighted by Crippen LogP contribution is 2.62. The predicted molar refractivity (Wildman–Crippen MR) is 68.3 cm³/mol. The molecule has 1 aromatic carbocycles. The first-order valence-corrected chi connectivity index (χ1v) is 6.25. The fourth-order valence-electron chi connectivity index (χ4n) is 2.35. The standard InChI is InChI=1S/C15H18F2O2/c1-14(2,3)10-7-5-9(6-8-10)11-12(13(18)19-4)15(11,16)17/h5-8,11-12H,1-4H3/t11-,12-/m0/s1. The molecule has 2 rings (SSSR count). The van der Waals surface area contributed by atoms with Crippen LogP contribution < -0.4 is 0 Å². The summed E-state index contributed by atoms with van der Waals surface area (Å²) in [5.41, 5.74) is 1.55. The maximum Gasteiger partial charge on any atom is 0.315 e. The number of rotatable bonds is 2. The molecule has 19 heavy (non-hydrogen) atoms. The highest BCUT2D eigenvalue weighted by molar-refractivity contribution is 5.80. The van der Waals surface area contributed by atoms with Gasteiger partial charge in [-0.25, -0.2) is 8.78 Å². The smallest absolute Gasteiger partial charge is 0.315 e. The van der Waals surface area contributed by atoms with Gasteiger partial charge < -0.3 is 4.74 Å². The summed E-state index contributed by atoms with van der Waals surface area (Å²) >= 11 is 0. The highest BCUT2D eigenvalue weighted by atomic mass is 19.3. The minimum absolute atomic E-state index is 0.0215. The van der Waals surface area contributed by atoms with Crippen molar-refractivity contribution in [3.8, 4) is 0 Å². The number of carbonyl (C=O) groups excluding carboxylic acids is 1. The highest BCUT2D eigenvalue weighted by Gasteiger charge is 2.73. The lowest BCUT2D eigenvalue weighted by Crippen LogP contribution is -2.10. The monoisotopic (exact) mass is 268 g/mol. The molecule has 104 valence electrons. The zero-order valence-electron chi connectivity index (χ0n) is 11.5. The lowest BCUT2D eigenvalue weighted by molar-refractivity contribution is -0.144. The molecule has 1 aliphatic carbocycles. The van der Waals surface area contributed by atoms with Crippen molar-refractivity contribution in [1.29, 1.82) is 0 Å². The molecule has 0 spiro atoms. The molecule has 0 N–H and O–H groups in total. The van der Waals surface area contributed by atoms with Gasteiger partial charge in [0.1, 0.15) is 5.92 Å². The molecule has 0 bridgehead atoms. The van der Waals surface area contributed by atoms with E-state index in [0.717, 1.165) is 12.7 Å². The zero-order chi connectivity index (χ0) is 14.4. The summed E-state index contributed by atoms with van der Waals surface area (Å²) < 4.78 is 31.7. The van der Waals surface area contributed by atoms with Gasteiger partial charge in [0.05, 0.1) is 13.0 Å². The van der Waals surface area contributed by atoms with E-state index in [2.05, 4.69) is 25.5 Å². The Bertz CT molecular complexity index is 486. The average Bonchev–Trinajstić information content (AvgIpc) is 2.90. The van der Waals surface area contributed by atoms with Gasteiger partial charge in [-0.2, -0.15) is 0 Å². The molecule has 1 fully saturated rings. The maximum atomic E-state index is 13.6. The minimum atomic E-state index is -2.99. The molecule has 4 heteroatoms. The molecule has 1 saturated carbocycles. The molecule has 0 radical (unpaired) electrons.